The number of carbonyl (C=O) groups excluding carboxylic acids is 1. The minimum absolute atomic E-state index is 0. The smallest absolute Gasteiger partial charge is 0.335 e. The Morgan fingerprint density at radius 2 is 2.42 bits per heavy atom. The maximum absolute atomic E-state index is 11.0. The molecule has 4 nitrogen and oxygen atoms in total. The molecule has 2 N–H and O–H groups in total. The molecule has 1 aliphatic heterocycles. The average Bonchev–Trinajstić information content (AvgIpc) is 2.50. The molecule has 0 saturated carbocycles. The number of nitrogens with two attached hydrogens (primary N) is 1. The summed E-state index contributed by atoms with van der Waals surface area (Å²) in [5, 5.41) is 0. The summed E-state index contributed by atoms with van der Waals surface area (Å²) in [6, 6.07) is 0. The van der Waals surface area contributed by atoms with Crippen molar-refractivity contribution in [1.29, 1.82) is 0 Å². The molecule has 12 heavy (non-hydrogen) atoms. The average molecular weight is 196 g/mol. The van der Waals surface area contributed by atoms with Gasteiger partial charge in [-0.2, -0.15) is 0 Å². The molecular formula is C7H14ClNO3. The minimum atomic E-state index is -0.426. The highest BCUT2D eigenvalue weighted by Crippen LogP contribution is 2.20. The molecule has 0 aromatic heterocycles. The molecule has 0 aromatic carbocycles. The van der Waals surface area contributed by atoms with Gasteiger partial charge in [-0.1, -0.05) is 0 Å². The second kappa shape index (κ2) is 5.35. The molecular weight excluding hydrogens is 182 g/mol. The van der Waals surface area contributed by atoms with Crippen LogP contribution in [0.1, 0.15) is 6.42 Å². The van der Waals surface area contributed by atoms with Gasteiger partial charge in [0.15, 0.2) is 6.10 Å². The molecule has 0 aliphatic carbocycles. The summed E-state index contributed by atoms with van der Waals surface area (Å²) >= 11 is 0. The van der Waals surface area contributed by atoms with Crippen molar-refractivity contribution in [2.75, 3.05) is 20.3 Å². The van der Waals surface area contributed by atoms with E-state index < -0.39 is 6.10 Å². The van der Waals surface area contributed by atoms with Crippen molar-refractivity contribution in [3.05, 3.63) is 0 Å². The van der Waals surface area contributed by atoms with E-state index in [0.717, 1.165) is 6.42 Å². The summed E-state index contributed by atoms with van der Waals surface area (Å²) in [6.07, 6.45) is 0.431. The SMILES string of the molecule is COC(=O)[C@@H]1OCC[C@@H]1CN.Cl. The van der Waals surface area contributed by atoms with Crippen LogP contribution in [0.4, 0.5) is 0 Å². The van der Waals surface area contributed by atoms with Crippen LogP contribution in [0.3, 0.4) is 0 Å². The lowest BCUT2D eigenvalue weighted by Gasteiger charge is -2.13. The van der Waals surface area contributed by atoms with Crippen molar-refractivity contribution in [3.63, 3.8) is 0 Å². The molecule has 0 amide bonds. The van der Waals surface area contributed by atoms with Gasteiger partial charge in [-0.3, -0.25) is 0 Å². The largest absolute Gasteiger partial charge is 0.467 e. The van der Waals surface area contributed by atoms with Crippen LogP contribution in [0, 0.1) is 5.92 Å². The van der Waals surface area contributed by atoms with Crippen molar-refractivity contribution >= 4 is 18.4 Å². The topological polar surface area (TPSA) is 61.5 Å². The van der Waals surface area contributed by atoms with Crippen molar-refractivity contribution in [2.45, 2.75) is 12.5 Å². The van der Waals surface area contributed by atoms with Gasteiger partial charge in [0, 0.05) is 12.5 Å². The number of hydrogen-bond acceptors (Lipinski definition) is 4. The Bertz CT molecular complexity index is 154. The number of methoxy groups -OCH3 is 1. The van der Waals surface area contributed by atoms with Gasteiger partial charge in [0.1, 0.15) is 0 Å². The molecule has 0 aromatic rings. The summed E-state index contributed by atoms with van der Waals surface area (Å²) in [5.74, 6) is -0.166. The van der Waals surface area contributed by atoms with Gasteiger partial charge in [0.05, 0.1) is 7.11 Å². The van der Waals surface area contributed by atoms with E-state index in [1.165, 1.54) is 7.11 Å². The van der Waals surface area contributed by atoms with E-state index >= 15 is 0 Å². The first-order valence-electron chi connectivity index (χ1n) is 3.69. The Labute approximate surface area is 77.8 Å². The van der Waals surface area contributed by atoms with Gasteiger partial charge in [-0.15, -0.1) is 12.4 Å². The van der Waals surface area contributed by atoms with Gasteiger partial charge in [0.2, 0.25) is 0 Å². The first kappa shape index (κ1) is 11.7. The number of carbonyl (C=O) groups is 1. The van der Waals surface area contributed by atoms with E-state index in [2.05, 4.69) is 4.74 Å². The molecule has 1 rings (SSSR count). The van der Waals surface area contributed by atoms with Crippen LogP contribution in [0.5, 0.6) is 0 Å². The Hall–Kier alpha value is -0.320. The van der Waals surface area contributed by atoms with Gasteiger partial charge < -0.3 is 15.2 Å². The summed E-state index contributed by atoms with van der Waals surface area (Å²) in [5.41, 5.74) is 5.43. The fraction of sp³-hybridized carbons (Fsp3) is 0.857. The highest BCUT2D eigenvalue weighted by molar-refractivity contribution is 5.85. The van der Waals surface area contributed by atoms with Crippen LogP contribution >= 0.6 is 12.4 Å². The number of hydrogen-bond donors (Lipinski definition) is 1. The molecule has 1 heterocycles. The number of halogens is 1. The first-order chi connectivity index (χ1) is 5.29. The predicted octanol–water partition coefficient (Wildman–Crippen LogP) is -0.0550. The van der Waals surface area contributed by atoms with Crippen molar-refractivity contribution in [1.82, 2.24) is 0 Å². The molecule has 2 atom stereocenters. The fourth-order valence-corrected chi connectivity index (χ4v) is 1.25. The third kappa shape index (κ3) is 2.33. The molecule has 0 bridgehead atoms. The maximum Gasteiger partial charge on any atom is 0.335 e. The lowest BCUT2D eigenvalue weighted by atomic mass is 10.0. The summed E-state index contributed by atoms with van der Waals surface area (Å²) in [7, 11) is 1.36. The minimum Gasteiger partial charge on any atom is -0.467 e. The first-order valence-corrected chi connectivity index (χ1v) is 3.69. The quantitative estimate of drug-likeness (QED) is 0.628. The maximum atomic E-state index is 11.0. The predicted molar refractivity (Wildman–Crippen MR) is 46.2 cm³/mol. The molecule has 5 heteroatoms. The molecule has 1 fully saturated rings. The van der Waals surface area contributed by atoms with E-state index in [1.54, 1.807) is 0 Å². The zero-order valence-corrected chi connectivity index (χ0v) is 7.80. The normalized spacial score (nSPS) is 27.8. The van der Waals surface area contributed by atoms with E-state index in [4.69, 9.17) is 10.5 Å². The van der Waals surface area contributed by atoms with E-state index in [9.17, 15) is 4.79 Å². The van der Waals surface area contributed by atoms with Crippen LogP contribution in [0.15, 0.2) is 0 Å². The molecule has 72 valence electrons. The second-order valence-electron chi connectivity index (χ2n) is 2.60. The molecule has 0 spiro atoms. The third-order valence-corrected chi connectivity index (χ3v) is 1.95. The van der Waals surface area contributed by atoms with Gasteiger partial charge in [0.25, 0.3) is 0 Å². The van der Waals surface area contributed by atoms with Crippen LogP contribution in [-0.2, 0) is 14.3 Å². The highest BCUT2D eigenvalue weighted by Gasteiger charge is 2.33. The summed E-state index contributed by atoms with van der Waals surface area (Å²) in [6.45, 7) is 1.10. The number of rotatable bonds is 2. The zero-order valence-electron chi connectivity index (χ0n) is 6.99. The number of ether oxygens (including phenoxy) is 2. The van der Waals surface area contributed by atoms with Gasteiger partial charge in [-0.05, 0) is 13.0 Å². The van der Waals surface area contributed by atoms with Crippen molar-refractivity contribution < 1.29 is 14.3 Å². The van der Waals surface area contributed by atoms with Crippen molar-refractivity contribution in [3.8, 4) is 0 Å². The summed E-state index contributed by atoms with van der Waals surface area (Å²) < 4.78 is 9.70. The second-order valence-corrected chi connectivity index (χ2v) is 2.60. The Morgan fingerprint density at radius 3 is 2.92 bits per heavy atom. The standard InChI is InChI=1S/C7H13NO3.ClH/c1-10-7(9)6-5(4-8)2-3-11-6;/h5-6H,2-4,8H2,1H3;1H/t5-,6-;/m1./s1. The zero-order chi connectivity index (χ0) is 8.27. The van der Waals surface area contributed by atoms with Crippen molar-refractivity contribution in [2.24, 2.45) is 11.7 Å². The Kier molecular flexibility index (Phi) is 5.20. The molecule has 0 unspecified atom stereocenters. The van der Waals surface area contributed by atoms with E-state index in [1.807, 2.05) is 0 Å². The van der Waals surface area contributed by atoms with Crippen LogP contribution < -0.4 is 5.73 Å². The van der Waals surface area contributed by atoms with E-state index in [0.29, 0.717) is 13.2 Å². The Morgan fingerprint density at radius 1 is 1.75 bits per heavy atom. The fourth-order valence-electron chi connectivity index (χ4n) is 1.25. The lowest BCUT2D eigenvalue weighted by molar-refractivity contribution is -0.152. The van der Waals surface area contributed by atoms with Crippen LogP contribution in [0.25, 0.3) is 0 Å². The molecule has 1 saturated heterocycles. The van der Waals surface area contributed by atoms with Crippen LogP contribution in [0.2, 0.25) is 0 Å². The van der Waals surface area contributed by atoms with Gasteiger partial charge in [-0.25, -0.2) is 4.79 Å². The Balaban J connectivity index is 0.00000121. The lowest BCUT2D eigenvalue weighted by Crippen LogP contribution is -2.32. The van der Waals surface area contributed by atoms with E-state index in [-0.39, 0.29) is 24.3 Å². The monoisotopic (exact) mass is 195 g/mol. The van der Waals surface area contributed by atoms with Gasteiger partial charge >= 0.3 is 5.97 Å². The molecule has 0 radical (unpaired) electrons. The number of esters is 1. The third-order valence-electron chi connectivity index (χ3n) is 1.95. The van der Waals surface area contributed by atoms with Crippen LogP contribution in [-0.4, -0.2) is 32.3 Å². The molecule has 1 aliphatic rings. The summed E-state index contributed by atoms with van der Waals surface area (Å²) in [4.78, 5) is 11.0. The highest BCUT2D eigenvalue weighted by atomic mass is 35.5.